The van der Waals surface area contributed by atoms with Crippen LogP contribution in [-0.2, 0) is 6.54 Å². The molecule has 0 fully saturated rings. The van der Waals surface area contributed by atoms with Crippen LogP contribution in [-0.4, -0.2) is 9.72 Å². The SMILES string of the molecule is N#CCCCn1c(-c2cccc(Br)c2)noc1=O. The summed E-state index contributed by atoms with van der Waals surface area (Å²) in [6, 6.07) is 9.50. The third-order valence-corrected chi connectivity index (χ3v) is 2.93. The third kappa shape index (κ3) is 2.68. The molecule has 6 heteroatoms. The van der Waals surface area contributed by atoms with Crippen molar-refractivity contribution >= 4 is 15.9 Å². The predicted octanol–water partition coefficient (Wildman–Crippen LogP) is 2.57. The Hall–Kier alpha value is -1.87. The lowest BCUT2D eigenvalue weighted by atomic mass is 10.2. The van der Waals surface area contributed by atoms with Gasteiger partial charge in [-0.15, -0.1) is 0 Å². The fourth-order valence-corrected chi connectivity index (χ4v) is 2.02. The van der Waals surface area contributed by atoms with Crippen molar-refractivity contribution in [3.05, 3.63) is 39.3 Å². The molecule has 0 N–H and O–H groups in total. The highest BCUT2D eigenvalue weighted by Crippen LogP contribution is 2.20. The van der Waals surface area contributed by atoms with Crippen LogP contribution in [0.1, 0.15) is 12.8 Å². The van der Waals surface area contributed by atoms with Crippen LogP contribution in [0.4, 0.5) is 0 Å². The van der Waals surface area contributed by atoms with E-state index in [1.54, 1.807) is 0 Å². The molecule has 0 aliphatic heterocycles. The number of nitriles is 1. The van der Waals surface area contributed by atoms with E-state index in [-0.39, 0.29) is 0 Å². The number of benzene rings is 1. The van der Waals surface area contributed by atoms with E-state index in [1.165, 1.54) is 4.57 Å². The van der Waals surface area contributed by atoms with Crippen LogP contribution in [0.5, 0.6) is 0 Å². The van der Waals surface area contributed by atoms with Gasteiger partial charge < -0.3 is 0 Å². The molecule has 0 aliphatic carbocycles. The van der Waals surface area contributed by atoms with Gasteiger partial charge in [0, 0.05) is 23.0 Å². The van der Waals surface area contributed by atoms with Gasteiger partial charge in [0.05, 0.1) is 6.07 Å². The monoisotopic (exact) mass is 307 g/mol. The molecule has 0 unspecified atom stereocenters. The first-order valence-electron chi connectivity index (χ1n) is 5.42. The number of halogens is 1. The minimum absolute atomic E-state index is 0.398. The van der Waals surface area contributed by atoms with Gasteiger partial charge in [0.25, 0.3) is 0 Å². The average molecular weight is 308 g/mol. The summed E-state index contributed by atoms with van der Waals surface area (Å²) in [6.07, 6.45) is 0.994. The summed E-state index contributed by atoms with van der Waals surface area (Å²) in [7, 11) is 0. The number of rotatable bonds is 4. The molecule has 1 aromatic heterocycles. The number of hydrogen-bond acceptors (Lipinski definition) is 4. The molecular weight excluding hydrogens is 298 g/mol. The first kappa shape index (κ1) is 12.6. The van der Waals surface area contributed by atoms with Crippen LogP contribution in [0.25, 0.3) is 11.4 Å². The lowest BCUT2D eigenvalue weighted by Crippen LogP contribution is -2.15. The molecule has 5 nitrogen and oxygen atoms in total. The maximum absolute atomic E-state index is 11.5. The Kier molecular flexibility index (Phi) is 3.95. The fraction of sp³-hybridized carbons (Fsp3) is 0.250. The van der Waals surface area contributed by atoms with Crippen molar-refractivity contribution in [2.24, 2.45) is 0 Å². The van der Waals surface area contributed by atoms with Crippen LogP contribution >= 0.6 is 15.9 Å². The summed E-state index contributed by atoms with van der Waals surface area (Å²) in [4.78, 5) is 11.5. The van der Waals surface area contributed by atoms with E-state index < -0.39 is 5.76 Å². The molecule has 0 saturated carbocycles. The van der Waals surface area contributed by atoms with Gasteiger partial charge in [-0.2, -0.15) is 5.26 Å². The van der Waals surface area contributed by atoms with Crippen molar-refractivity contribution in [1.29, 1.82) is 5.26 Å². The summed E-state index contributed by atoms with van der Waals surface area (Å²) in [6.45, 7) is 0.428. The van der Waals surface area contributed by atoms with Crippen molar-refractivity contribution in [2.75, 3.05) is 0 Å². The van der Waals surface area contributed by atoms with Crippen molar-refractivity contribution in [3.8, 4) is 17.5 Å². The van der Waals surface area contributed by atoms with Crippen LogP contribution in [0.15, 0.2) is 38.1 Å². The summed E-state index contributed by atoms with van der Waals surface area (Å²) in [5, 5.41) is 12.3. The molecule has 92 valence electrons. The molecule has 1 heterocycles. The van der Waals surface area contributed by atoms with E-state index in [9.17, 15) is 4.79 Å². The normalized spacial score (nSPS) is 10.2. The van der Waals surface area contributed by atoms with E-state index in [0.29, 0.717) is 25.2 Å². The van der Waals surface area contributed by atoms with Gasteiger partial charge in [-0.25, -0.2) is 4.79 Å². The number of nitrogens with zero attached hydrogens (tertiary/aromatic N) is 3. The second-order valence-electron chi connectivity index (χ2n) is 3.70. The minimum Gasteiger partial charge on any atom is -0.295 e. The molecule has 0 atom stereocenters. The molecule has 0 spiro atoms. The lowest BCUT2D eigenvalue weighted by molar-refractivity contribution is 0.375. The molecule has 0 amide bonds. The number of unbranched alkanes of at least 4 members (excludes halogenated alkanes) is 1. The highest BCUT2D eigenvalue weighted by Gasteiger charge is 2.12. The topological polar surface area (TPSA) is 71.8 Å². The highest BCUT2D eigenvalue weighted by atomic mass is 79.9. The Morgan fingerprint density at radius 3 is 3.06 bits per heavy atom. The summed E-state index contributed by atoms with van der Waals surface area (Å²) < 4.78 is 7.03. The van der Waals surface area contributed by atoms with Crippen LogP contribution in [0.3, 0.4) is 0 Å². The molecule has 18 heavy (non-hydrogen) atoms. The average Bonchev–Trinajstić information content (AvgIpc) is 2.72. The van der Waals surface area contributed by atoms with E-state index >= 15 is 0 Å². The molecule has 0 bridgehead atoms. The molecule has 2 aromatic rings. The van der Waals surface area contributed by atoms with Gasteiger partial charge in [0.15, 0.2) is 5.82 Å². The van der Waals surface area contributed by atoms with Crippen molar-refractivity contribution in [3.63, 3.8) is 0 Å². The van der Waals surface area contributed by atoms with Gasteiger partial charge >= 0.3 is 5.76 Å². The molecule has 2 rings (SSSR count). The molecule has 0 saturated heterocycles. The minimum atomic E-state index is -0.497. The van der Waals surface area contributed by atoms with E-state index in [4.69, 9.17) is 5.26 Å². The van der Waals surface area contributed by atoms with Gasteiger partial charge in [-0.1, -0.05) is 33.2 Å². The summed E-state index contributed by atoms with van der Waals surface area (Å²) >= 11 is 3.37. The zero-order valence-electron chi connectivity index (χ0n) is 9.47. The maximum atomic E-state index is 11.5. The Morgan fingerprint density at radius 1 is 1.50 bits per heavy atom. The van der Waals surface area contributed by atoms with Crippen molar-refractivity contribution < 1.29 is 4.52 Å². The van der Waals surface area contributed by atoms with Gasteiger partial charge in [-0.05, 0) is 18.6 Å². The molecule has 1 aromatic carbocycles. The molecule has 0 radical (unpaired) electrons. The standard InChI is InChI=1S/C12H10BrN3O2/c13-10-5-3-4-9(8-10)11-15-18-12(17)16(11)7-2-1-6-14/h3-5,8H,1-2,7H2. The third-order valence-electron chi connectivity index (χ3n) is 2.44. The highest BCUT2D eigenvalue weighted by molar-refractivity contribution is 9.10. The van der Waals surface area contributed by atoms with E-state index in [1.807, 2.05) is 30.3 Å². The van der Waals surface area contributed by atoms with Gasteiger partial charge in [0.1, 0.15) is 0 Å². The maximum Gasteiger partial charge on any atom is 0.441 e. The predicted molar refractivity (Wildman–Crippen MR) is 68.7 cm³/mol. The molecule has 0 aliphatic rings. The first-order chi connectivity index (χ1) is 8.72. The summed E-state index contributed by atoms with van der Waals surface area (Å²) in [5.74, 6) is -0.0119. The quantitative estimate of drug-likeness (QED) is 0.814. The van der Waals surface area contributed by atoms with Crippen LogP contribution in [0.2, 0.25) is 0 Å². The van der Waals surface area contributed by atoms with Crippen molar-refractivity contribution in [2.45, 2.75) is 19.4 Å². The smallest absolute Gasteiger partial charge is 0.295 e. The fourth-order valence-electron chi connectivity index (χ4n) is 1.62. The zero-order chi connectivity index (χ0) is 13.0. The van der Waals surface area contributed by atoms with Gasteiger partial charge in [0.2, 0.25) is 0 Å². The van der Waals surface area contributed by atoms with Crippen LogP contribution in [0, 0.1) is 11.3 Å². The Balaban J connectivity index is 2.34. The Labute approximate surface area is 112 Å². The Bertz CT molecular complexity index is 639. The van der Waals surface area contributed by atoms with Crippen molar-refractivity contribution in [1.82, 2.24) is 9.72 Å². The first-order valence-corrected chi connectivity index (χ1v) is 6.21. The van der Waals surface area contributed by atoms with E-state index in [2.05, 4.69) is 25.6 Å². The number of aromatic nitrogens is 2. The lowest BCUT2D eigenvalue weighted by Gasteiger charge is -2.03. The zero-order valence-corrected chi connectivity index (χ0v) is 11.1. The largest absolute Gasteiger partial charge is 0.441 e. The van der Waals surface area contributed by atoms with Crippen LogP contribution < -0.4 is 5.76 Å². The van der Waals surface area contributed by atoms with E-state index in [0.717, 1.165) is 10.0 Å². The molecular formula is C12H10BrN3O2. The second kappa shape index (κ2) is 5.65. The Morgan fingerprint density at radius 2 is 2.33 bits per heavy atom. The number of hydrogen-bond donors (Lipinski definition) is 0. The van der Waals surface area contributed by atoms with Gasteiger partial charge in [-0.3, -0.25) is 9.09 Å². The second-order valence-corrected chi connectivity index (χ2v) is 4.61. The summed E-state index contributed by atoms with van der Waals surface area (Å²) in [5.41, 5.74) is 0.798.